The number of aromatic nitrogens is 2. The molecule has 8 heteroatoms. The maximum Gasteiger partial charge on any atom is 0.329 e. The second-order valence-corrected chi connectivity index (χ2v) is 8.99. The number of ether oxygens (including phenoxy) is 2. The monoisotopic (exact) mass is 451 g/mol. The largest absolute Gasteiger partial charge is 0.482 e. The van der Waals surface area contributed by atoms with E-state index in [1.807, 2.05) is 50.2 Å². The summed E-state index contributed by atoms with van der Waals surface area (Å²) in [6, 6.07) is 10.6. The number of carbonyl (C=O) groups excluding carboxylic acids is 2. The van der Waals surface area contributed by atoms with Crippen LogP contribution in [0.1, 0.15) is 32.1 Å². The summed E-state index contributed by atoms with van der Waals surface area (Å²) < 4.78 is 11.1. The number of esters is 1. The first kappa shape index (κ1) is 22.0. The standard InChI is InChI=1S/C24H25N3O4S/c1-5-18(24(29)31-14(2)3)27-19-12-16(9-10-20(19)30-13-21(27)28)22-15(4)32-23(26-22)17-8-6-7-11-25-17/h6-12,14,18H,5,13H2,1-4H3. The third-order valence-electron chi connectivity index (χ3n) is 5.11. The number of thiazole rings is 1. The van der Waals surface area contributed by atoms with Crippen LogP contribution in [0.25, 0.3) is 22.0 Å². The number of hydrogen-bond donors (Lipinski definition) is 0. The Balaban J connectivity index is 1.74. The van der Waals surface area contributed by atoms with E-state index in [2.05, 4.69) is 4.98 Å². The Kier molecular flexibility index (Phi) is 6.23. The topological polar surface area (TPSA) is 81.6 Å². The van der Waals surface area contributed by atoms with Gasteiger partial charge in [-0.1, -0.05) is 13.0 Å². The molecule has 0 saturated carbocycles. The van der Waals surface area contributed by atoms with Gasteiger partial charge in [0.25, 0.3) is 5.91 Å². The molecule has 3 aromatic rings. The van der Waals surface area contributed by atoms with Gasteiger partial charge in [-0.3, -0.25) is 14.7 Å². The molecular weight excluding hydrogens is 426 g/mol. The van der Waals surface area contributed by atoms with E-state index >= 15 is 0 Å². The molecule has 166 valence electrons. The van der Waals surface area contributed by atoms with Crippen LogP contribution in [0.15, 0.2) is 42.6 Å². The summed E-state index contributed by atoms with van der Waals surface area (Å²) >= 11 is 1.56. The molecule has 1 aliphatic rings. The van der Waals surface area contributed by atoms with Crippen molar-refractivity contribution in [3.05, 3.63) is 47.5 Å². The van der Waals surface area contributed by atoms with Crippen molar-refractivity contribution in [1.82, 2.24) is 9.97 Å². The summed E-state index contributed by atoms with van der Waals surface area (Å²) in [5, 5.41) is 0.826. The molecule has 0 aliphatic carbocycles. The molecule has 3 heterocycles. The number of benzene rings is 1. The minimum absolute atomic E-state index is 0.114. The van der Waals surface area contributed by atoms with Crippen LogP contribution in [-0.4, -0.2) is 40.6 Å². The highest BCUT2D eigenvalue weighted by atomic mass is 32.1. The highest BCUT2D eigenvalue weighted by Gasteiger charge is 2.36. The van der Waals surface area contributed by atoms with Crippen LogP contribution in [0.4, 0.5) is 5.69 Å². The van der Waals surface area contributed by atoms with Gasteiger partial charge in [0.2, 0.25) is 0 Å². The lowest BCUT2D eigenvalue weighted by molar-refractivity contribution is -0.150. The first-order valence-corrected chi connectivity index (χ1v) is 11.4. The number of aryl methyl sites for hydroxylation is 1. The minimum atomic E-state index is -0.719. The molecular formula is C24H25N3O4S. The summed E-state index contributed by atoms with van der Waals surface area (Å²) in [7, 11) is 0. The fourth-order valence-corrected chi connectivity index (χ4v) is 4.60. The van der Waals surface area contributed by atoms with E-state index in [9.17, 15) is 9.59 Å². The number of carbonyl (C=O) groups is 2. The van der Waals surface area contributed by atoms with Gasteiger partial charge in [-0.05, 0) is 57.5 Å². The SMILES string of the molecule is CCC(C(=O)OC(C)C)N1C(=O)COc2ccc(-c3nc(-c4ccccn4)sc3C)cc21. The molecule has 0 N–H and O–H groups in total. The molecule has 0 fully saturated rings. The normalized spacial score (nSPS) is 14.2. The van der Waals surface area contributed by atoms with E-state index in [4.69, 9.17) is 14.5 Å². The molecule has 1 amide bonds. The average Bonchev–Trinajstić information content (AvgIpc) is 3.17. The van der Waals surface area contributed by atoms with Crippen LogP contribution in [0.5, 0.6) is 5.75 Å². The lowest BCUT2D eigenvalue weighted by atomic mass is 10.1. The number of nitrogens with zero attached hydrogens (tertiary/aromatic N) is 3. The average molecular weight is 452 g/mol. The number of hydrogen-bond acceptors (Lipinski definition) is 7. The summed E-state index contributed by atoms with van der Waals surface area (Å²) in [6.45, 7) is 7.34. The molecule has 0 bridgehead atoms. The highest BCUT2D eigenvalue weighted by Crippen LogP contribution is 2.40. The van der Waals surface area contributed by atoms with Crippen molar-refractivity contribution in [3.63, 3.8) is 0 Å². The lowest BCUT2D eigenvalue weighted by Crippen LogP contribution is -2.50. The van der Waals surface area contributed by atoms with E-state index in [0.717, 1.165) is 26.8 Å². The van der Waals surface area contributed by atoms with Gasteiger partial charge in [0.1, 0.15) is 16.8 Å². The van der Waals surface area contributed by atoms with Gasteiger partial charge in [0, 0.05) is 16.6 Å². The highest BCUT2D eigenvalue weighted by molar-refractivity contribution is 7.15. The van der Waals surface area contributed by atoms with E-state index in [1.54, 1.807) is 31.4 Å². The Morgan fingerprint density at radius 1 is 1.28 bits per heavy atom. The smallest absolute Gasteiger partial charge is 0.329 e. The van der Waals surface area contributed by atoms with Gasteiger partial charge < -0.3 is 9.47 Å². The number of rotatable bonds is 6. The lowest BCUT2D eigenvalue weighted by Gasteiger charge is -2.34. The van der Waals surface area contributed by atoms with Crippen molar-refractivity contribution < 1.29 is 19.1 Å². The Morgan fingerprint density at radius 2 is 2.09 bits per heavy atom. The first-order valence-electron chi connectivity index (χ1n) is 10.6. The molecule has 2 aromatic heterocycles. The molecule has 7 nitrogen and oxygen atoms in total. The van der Waals surface area contributed by atoms with Crippen LogP contribution in [0, 0.1) is 6.92 Å². The van der Waals surface area contributed by atoms with Crippen LogP contribution in [0.2, 0.25) is 0 Å². The van der Waals surface area contributed by atoms with Crippen LogP contribution >= 0.6 is 11.3 Å². The summed E-state index contributed by atoms with van der Waals surface area (Å²) in [6.07, 6.45) is 1.91. The van der Waals surface area contributed by atoms with Gasteiger partial charge in [-0.25, -0.2) is 9.78 Å². The fourth-order valence-electron chi connectivity index (χ4n) is 3.69. The van der Waals surface area contributed by atoms with Gasteiger partial charge >= 0.3 is 5.97 Å². The first-order chi connectivity index (χ1) is 15.4. The third kappa shape index (κ3) is 4.23. The molecule has 32 heavy (non-hydrogen) atoms. The van der Waals surface area contributed by atoms with Gasteiger partial charge in [0.15, 0.2) is 6.61 Å². The van der Waals surface area contributed by atoms with Crippen molar-refractivity contribution >= 4 is 28.9 Å². The van der Waals surface area contributed by atoms with Crippen LogP contribution in [0.3, 0.4) is 0 Å². The molecule has 1 atom stereocenters. The van der Waals surface area contributed by atoms with E-state index < -0.39 is 12.0 Å². The Hall–Kier alpha value is -3.26. The molecule has 0 spiro atoms. The van der Waals surface area contributed by atoms with Crippen molar-refractivity contribution in [2.45, 2.75) is 46.3 Å². The van der Waals surface area contributed by atoms with Crippen molar-refractivity contribution in [2.24, 2.45) is 0 Å². The Labute approximate surface area is 191 Å². The van der Waals surface area contributed by atoms with Crippen molar-refractivity contribution in [3.8, 4) is 27.7 Å². The summed E-state index contributed by atoms with van der Waals surface area (Å²) in [4.78, 5) is 37.3. The van der Waals surface area contributed by atoms with Gasteiger partial charge in [-0.15, -0.1) is 11.3 Å². The Bertz CT molecular complexity index is 1140. The number of fused-ring (bicyclic) bond motifs is 1. The second-order valence-electron chi connectivity index (χ2n) is 7.78. The third-order valence-corrected chi connectivity index (χ3v) is 6.11. The van der Waals surface area contributed by atoms with E-state index in [0.29, 0.717) is 17.9 Å². The Morgan fingerprint density at radius 3 is 2.78 bits per heavy atom. The second kappa shape index (κ2) is 9.08. The summed E-state index contributed by atoms with van der Waals surface area (Å²) in [5.41, 5.74) is 3.02. The molecule has 1 aliphatic heterocycles. The quantitative estimate of drug-likeness (QED) is 0.508. The zero-order valence-electron chi connectivity index (χ0n) is 18.5. The molecule has 1 unspecified atom stereocenters. The predicted molar refractivity (Wildman–Crippen MR) is 124 cm³/mol. The number of anilines is 1. The zero-order chi connectivity index (χ0) is 22.8. The molecule has 0 radical (unpaired) electrons. The number of amides is 1. The van der Waals surface area contributed by atoms with Gasteiger partial charge in [0.05, 0.1) is 23.2 Å². The van der Waals surface area contributed by atoms with E-state index in [1.165, 1.54) is 4.90 Å². The van der Waals surface area contributed by atoms with Gasteiger partial charge in [-0.2, -0.15) is 0 Å². The molecule has 0 saturated heterocycles. The zero-order valence-corrected chi connectivity index (χ0v) is 19.3. The minimum Gasteiger partial charge on any atom is -0.482 e. The summed E-state index contributed by atoms with van der Waals surface area (Å²) in [5.74, 6) is -0.135. The van der Waals surface area contributed by atoms with Crippen molar-refractivity contribution in [1.29, 1.82) is 0 Å². The van der Waals surface area contributed by atoms with E-state index in [-0.39, 0.29) is 18.6 Å². The van der Waals surface area contributed by atoms with Crippen LogP contribution < -0.4 is 9.64 Å². The molecule has 4 rings (SSSR count). The maximum atomic E-state index is 12.8. The predicted octanol–water partition coefficient (Wildman–Crippen LogP) is 4.64. The fraction of sp³-hybridized carbons (Fsp3) is 0.333. The maximum absolute atomic E-state index is 12.8. The number of pyridine rings is 1. The van der Waals surface area contributed by atoms with Crippen molar-refractivity contribution in [2.75, 3.05) is 11.5 Å². The van der Waals surface area contributed by atoms with Crippen LogP contribution in [-0.2, 0) is 14.3 Å². The molecule has 1 aromatic carbocycles.